The third-order valence-electron chi connectivity index (χ3n) is 2.88. The Hall–Kier alpha value is -2.76. The molecule has 0 spiro atoms. The van der Waals surface area contributed by atoms with Crippen molar-refractivity contribution in [2.24, 2.45) is 5.92 Å². The topological polar surface area (TPSA) is 71.1 Å². The molecule has 22 heavy (non-hydrogen) atoms. The third kappa shape index (κ3) is 4.12. The van der Waals surface area contributed by atoms with Gasteiger partial charge in [0.1, 0.15) is 11.6 Å². The minimum Gasteiger partial charge on any atom is -0.321 e. The number of benzene rings is 1. The minimum absolute atomic E-state index is 0.135. The molecule has 0 aliphatic heterocycles. The lowest BCUT2D eigenvalue weighted by Crippen LogP contribution is -2.18. The zero-order chi connectivity index (χ0) is 16.1. The van der Waals surface area contributed by atoms with Gasteiger partial charge in [0, 0.05) is 11.5 Å². The lowest BCUT2D eigenvalue weighted by atomic mass is 10.2. The van der Waals surface area contributed by atoms with Crippen LogP contribution < -0.4 is 10.6 Å². The summed E-state index contributed by atoms with van der Waals surface area (Å²) in [5.41, 5.74) is 0.675. The Balaban J connectivity index is 2.02. The fourth-order valence-corrected chi connectivity index (χ4v) is 1.65. The first-order valence-electron chi connectivity index (χ1n) is 6.79. The van der Waals surface area contributed by atoms with Gasteiger partial charge in [-0.2, -0.15) is 0 Å². The SMILES string of the molecule is CC(C)C(=O)Nc1ccc(NC(=O)c2cccc(F)c2)cn1. The summed E-state index contributed by atoms with van der Waals surface area (Å²) in [6.45, 7) is 3.56. The second-order valence-corrected chi connectivity index (χ2v) is 5.04. The molecule has 2 amide bonds. The minimum atomic E-state index is -0.475. The van der Waals surface area contributed by atoms with Crippen LogP contribution in [0.3, 0.4) is 0 Å². The first kappa shape index (κ1) is 15.6. The van der Waals surface area contributed by atoms with E-state index in [4.69, 9.17) is 0 Å². The first-order valence-corrected chi connectivity index (χ1v) is 6.79. The van der Waals surface area contributed by atoms with Crippen LogP contribution in [0.25, 0.3) is 0 Å². The van der Waals surface area contributed by atoms with Gasteiger partial charge in [-0.05, 0) is 30.3 Å². The van der Waals surface area contributed by atoms with Crippen LogP contribution >= 0.6 is 0 Å². The maximum absolute atomic E-state index is 13.1. The molecule has 0 aliphatic carbocycles. The molecule has 1 heterocycles. The van der Waals surface area contributed by atoms with Gasteiger partial charge < -0.3 is 10.6 Å². The Labute approximate surface area is 127 Å². The van der Waals surface area contributed by atoms with E-state index in [9.17, 15) is 14.0 Å². The summed E-state index contributed by atoms with van der Waals surface area (Å²) in [6.07, 6.45) is 1.42. The molecule has 0 saturated carbocycles. The van der Waals surface area contributed by atoms with Crippen LogP contribution in [-0.4, -0.2) is 16.8 Å². The Morgan fingerprint density at radius 2 is 1.91 bits per heavy atom. The van der Waals surface area contributed by atoms with Crippen molar-refractivity contribution >= 4 is 23.3 Å². The normalized spacial score (nSPS) is 10.4. The average Bonchev–Trinajstić information content (AvgIpc) is 2.49. The molecule has 0 aliphatic rings. The number of pyridine rings is 1. The molecule has 1 aromatic heterocycles. The van der Waals surface area contributed by atoms with E-state index in [0.29, 0.717) is 11.5 Å². The van der Waals surface area contributed by atoms with E-state index < -0.39 is 11.7 Å². The van der Waals surface area contributed by atoms with Gasteiger partial charge in [-0.1, -0.05) is 19.9 Å². The molecule has 114 valence electrons. The van der Waals surface area contributed by atoms with Gasteiger partial charge in [0.15, 0.2) is 0 Å². The van der Waals surface area contributed by atoms with Gasteiger partial charge in [0.2, 0.25) is 5.91 Å². The molecule has 0 fully saturated rings. The largest absolute Gasteiger partial charge is 0.321 e. The number of carbonyl (C=O) groups is 2. The number of nitrogens with zero attached hydrogens (tertiary/aromatic N) is 1. The van der Waals surface area contributed by atoms with Crippen molar-refractivity contribution in [2.75, 3.05) is 10.6 Å². The number of nitrogens with one attached hydrogen (secondary N) is 2. The molecule has 0 unspecified atom stereocenters. The number of hydrogen-bond donors (Lipinski definition) is 2. The van der Waals surface area contributed by atoms with Crippen LogP contribution in [0.2, 0.25) is 0 Å². The van der Waals surface area contributed by atoms with E-state index in [1.807, 2.05) is 0 Å². The number of amides is 2. The van der Waals surface area contributed by atoms with Crippen LogP contribution in [0.1, 0.15) is 24.2 Å². The summed E-state index contributed by atoms with van der Waals surface area (Å²) in [5.74, 6) is -0.779. The average molecular weight is 301 g/mol. The molecule has 0 bridgehead atoms. The highest BCUT2D eigenvalue weighted by atomic mass is 19.1. The molecule has 0 atom stereocenters. The zero-order valence-electron chi connectivity index (χ0n) is 12.3. The quantitative estimate of drug-likeness (QED) is 0.911. The summed E-state index contributed by atoms with van der Waals surface area (Å²) in [6, 6.07) is 8.60. The van der Waals surface area contributed by atoms with Crippen LogP contribution in [-0.2, 0) is 4.79 Å². The van der Waals surface area contributed by atoms with E-state index in [-0.39, 0.29) is 17.4 Å². The van der Waals surface area contributed by atoms with Crippen LogP contribution in [0.5, 0.6) is 0 Å². The van der Waals surface area contributed by atoms with E-state index in [0.717, 1.165) is 6.07 Å². The second kappa shape index (κ2) is 6.80. The molecular formula is C16H16FN3O2. The molecule has 2 N–H and O–H groups in total. The van der Waals surface area contributed by atoms with Crippen molar-refractivity contribution in [3.8, 4) is 0 Å². The zero-order valence-corrected chi connectivity index (χ0v) is 12.3. The van der Waals surface area contributed by atoms with Crippen LogP contribution in [0.4, 0.5) is 15.9 Å². The predicted octanol–water partition coefficient (Wildman–Crippen LogP) is 3.07. The van der Waals surface area contributed by atoms with Gasteiger partial charge >= 0.3 is 0 Å². The second-order valence-electron chi connectivity index (χ2n) is 5.04. The lowest BCUT2D eigenvalue weighted by molar-refractivity contribution is -0.118. The summed E-state index contributed by atoms with van der Waals surface area (Å²) in [7, 11) is 0. The number of carbonyl (C=O) groups excluding carboxylic acids is 2. The summed E-state index contributed by atoms with van der Waals surface area (Å²) in [5, 5.41) is 5.26. The van der Waals surface area contributed by atoms with E-state index in [1.165, 1.54) is 24.4 Å². The van der Waals surface area contributed by atoms with Crippen LogP contribution in [0, 0.1) is 11.7 Å². The standard InChI is InChI=1S/C16H16FN3O2/c1-10(2)15(21)20-14-7-6-13(9-18-14)19-16(22)11-4-3-5-12(17)8-11/h3-10H,1-2H3,(H,19,22)(H,18,20,21). The van der Waals surface area contributed by atoms with Crippen molar-refractivity contribution in [1.82, 2.24) is 4.98 Å². The summed E-state index contributed by atoms with van der Waals surface area (Å²) in [4.78, 5) is 27.5. The Kier molecular flexibility index (Phi) is 4.83. The van der Waals surface area contributed by atoms with Gasteiger partial charge in [-0.25, -0.2) is 9.37 Å². The van der Waals surface area contributed by atoms with E-state index >= 15 is 0 Å². The first-order chi connectivity index (χ1) is 10.5. The smallest absolute Gasteiger partial charge is 0.255 e. The highest BCUT2D eigenvalue weighted by Crippen LogP contribution is 2.13. The highest BCUT2D eigenvalue weighted by molar-refractivity contribution is 6.04. The molecule has 2 rings (SSSR count). The van der Waals surface area contributed by atoms with Crippen molar-refractivity contribution in [3.05, 3.63) is 54.0 Å². The number of halogens is 1. The molecular weight excluding hydrogens is 285 g/mol. The van der Waals surface area contributed by atoms with Crippen molar-refractivity contribution < 1.29 is 14.0 Å². The third-order valence-corrected chi connectivity index (χ3v) is 2.88. The molecule has 6 heteroatoms. The molecule has 5 nitrogen and oxygen atoms in total. The number of anilines is 2. The molecule has 0 saturated heterocycles. The Morgan fingerprint density at radius 3 is 2.50 bits per heavy atom. The van der Waals surface area contributed by atoms with Crippen LogP contribution in [0.15, 0.2) is 42.6 Å². The van der Waals surface area contributed by atoms with Gasteiger partial charge in [0.25, 0.3) is 5.91 Å². The Morgan fingerprint density at radius 1 is 1.14 bits per heavy atom. The van der Waals surface area contributed by atoms with Gasteiger partial charge in [-0.15, -0.1) is 0 Å². The summed E-state index contributed by atoms with van der Waals surface area (Å²) < 4.78 is 13.1. The lowest BCUT2D eigenvalue weighted by Gasteiger charge is -2.08. The number of hydrogen-bond acceptors (Lipinski definition) is 3. The molecule has 2 aromatic rings. The maximum atomic E-state index is 13.1. The van der Waals surface area contributed by atoms with Gasteiger partial charge in [0.05, 0.1) is 11.9 Å². The Bertz CT molecular complexity index is 684. The summed E-state index contributed by atoms with van der Waals surface area (Å²) >= 11 is 0. The van der Waals surface area contributed by atoms with Crippen molar-refractivity contribution in [1.29, 1.82) is 0 Å². The van der Waals surface area contributed by atoms with Crippen molar-refractivity contribution in [3.63, 3.8) is 0 Å². The number of aromatic nitrogens is 1. The van der Waals surface area contributed by atoms with E-state index in [2.05, 4.69) is 15.6 Å². The van der Waals surface area contributed by atoms with Crippen molar-refractivity contribution in [2.45, 2.75) is 13.8 Å². The van der Waals surface area contributed by atoms with Gasteiger partial charge in [-0.3, -0.25) is 9.59 Å². The highest BCUT2D eigenvalue weighted by Gasteiger charge is 2.09. The maximum Gasteiger partial charge on any atom is 0.255 e. The predicted molar refractivity (Wildman–Crippen MR) is 82.1 cm³/mol. The fraction of sp³-hybridized carbons (Fsp3) is 0.188. The molecule has 1 aromatic carbocycles. The fourth-order valence-electron chi connectivity index (χ4n) is 1.65. The van der Waals surface area contributed by atoms with E-state index in [1.54, 1.807) is 26.0 Å². The number of rotatable bonds is 4. The molecule has 0 radical (unpaired) electrons. The monoisotopic (exact) mass is 301 g/mol.